The zero-order valence-electron chi connectivity index (χ0n) is 13.8. The molecule has 0 saturated carbocycles. The minimum atomic E-state index is -3.52. The van der Waals surface area contributed by atoms with Crippen molar-refractivity contribution in [2.75, 3.05) is 44.2 Å². The van der Waals surface area contributed by atoms with Gasteiger partial charge in [-0.05, 0) is 12.1 Å². The van der Waals surface area contributed by atoms with Crippen LogP contribution >= 0.6 is 11.3 Å². The maximum Gasteiger partial charge on any atom is 0.318 e. The van der Waals surface area contributed by atoms with Crippen LogP contribution in [-0.2, 0) is 21.2 Å². The summed E-state index contributed by atoms with van der Waals surface area (Å²) in [6.45, 7) is 4.49. The van der Waals surface area contributed by atoms with Gasteiger partial charge < -0.3 is 5.11 Å². The van der Waals surface area contributed by atoms with Crippen molar-refractivity contribution < 1.29 is 18.3 Å². The normalized spacial score (nSPS) is 17.1. The molecule has 0 spiro atoms. The average molecular weight is 383 g/mol. The Morgan fingerprint density at radius 3 is 2.52 bits per heavy atom. The predicted molar refractivity (Wildman–Crippen MR) is 97.6 cm³/mol. The first kappa shape index (κ1) is 18.2. The molecule has 2 heterocycles. The van der Waals surface area contributed by atoms with Crippen LogP contribution in [0.4, 0.5) is 0 Å². The first-order valence-electron chi connectivity index (χ1n) is 8.13. The van der Waals surface area contributed by atoms with Gasteiger partial charge in [-0.25, -0.2) is 13.4 Å². The SMILES string of the molecule is O=C(O)CS(=O)(=O)CCN1CCN(Cc2nc3ccccc3s2)CC1. The maximum atomic E-state index is 11.6. The van der Waals surface area contributed by atoms with E-state index in [0.29, 0.717) is 6.54 Å². The molecule has 2 aromatic rings. The van der Waals surface area contributed by atoms with Gasteiger partial charge in [0.15, 0.2) is 9.84 Å². The second-order valence-corrected chi connectivity index (χ2v) is 9.48. The molecule has 3 rings (SSSR count). The van der Waals surface area contributed by atoms with Crippen molar-refractivity contribution in [1.82, 2.24) is 14.8 Å². The van der Waals surface area contributed by atoms with E-state index in [1.165, 1.54) is 4.70 Å². The Bertz CT molecular complexity index is 809. The third kappa shape index (κ3) is 5.21. The topological polar surface area (TPSA) is 90.8 Å². The van der Waals surface area contributed by atoms with Gasteiger partial charge in [0.05, 0.1) is 22.5 Å². The zero-order valence-corrected chi connectivity index (χ0v) is 15.4. The second kappa shape index (κ2) is 7.77. The smallest absolute Gasteiger partial charge is 0.318 e. The fourth-order valence-corrected chi connectivity index (χ4v) is 4.95. The van der Waals surface area contributed by atoms with Crippen molar-refractivity contribution in [3.63, 3.8) is 0 Å². The summed E-state index contributed by atoms with van der Waals surface area (Å²) in [4.78, 5) is 19.6. The first-order chi connectivity index (χ1) is 11.9. The number of nitrogens with zero attached hydrogens (tertiary/aromatic N) is 3. The molecule has 1 N–H and O–H groups in total. The lowest BCUT2D eigenvalue weighted by Crippen LogP contribution is -2.47. The molecule has 0 radical (unpaired) electrons. The summed E-state index contributed by atoms with van der Waals surface area (Å²) in [7, 11) is -3.52. The number of rotatable bonds is 7. The van der Waals surface area contributed by atoms with Crippen LogP contribution in [-0.4, -0.2) is 78.5 Å². The Morgan fingerprint density at radius 1 is 1.16 bits per heavy atom. The van der Waals surface area contributed by atoms with E-state index in [1.807, 2.05) is 18.2 Å². The fraction of sp³-hybridized carbons (Fsp3) is 0.500. The number of para-hydroxylation sites is 1. The van der Waals surface area contributed by atoms with E-state index in [9.17, 15) is 13.2 Å². The van der Waals surface area contributed by atoms with Gasteiger partial charge in [-0.15, -0.1) is 11.3 Å². The van der Waals surface area contributed by atoms with E-state index in [2.05, 4.69) is 20.9 Å². The van der Waals surface area contributed by atoms with Crippen LogP contribution in [0.2, 0.25) is 0 Å². The monoisotopic (exact) mass is 383 g/mol. The number of sulfone groups is 1. The summed E-state index contributed by atoms with van der Waals surface area (Å²) < 4.78 is 24.5. The minimum Gasteiger partial charge on any atom is -0.480 e. The molecule has 1 aromatic heterocycles. The highest BCUT2D eigenvalue weighted by Crippen LogP contribution is 2.22. The number of aliphatic carboxylic acids is 1. The molecule has 25 heavy (non-hydrogen) atoms. The largest absolute Gasteiger partial charge is 0.480 e. The number of piperazine rings is 1. The molecule has 1 aromatic carbocycles. The van der Waals surface area contributed by atoms with Gasteiger partial charge in [0, 0.05) is 32.7 Å². The summed E-state index contributed by atoms with van der Waals surface area (Å²) >= 11 is 1.71. The highest BCUT2D eigenvalue weighted by Gasteiger charge is 2.21. The average Bonchev–Trinajstić information content (AvgIpc) is 2.95. The molecule has 7 nitrogen and oxygen atoms in total. The summed E-state index contributed by atoms with van der Waals surface area (Å²) in [5, 5.41) is 9.71. The molecule has 0 amide bonds. The van der Waals surface area contributed by atoms with E-state index >= 15 is 0 Å². The first-order valence-corrected chi connectivity index (χ1v) is 10.8. The number of aromatic nitrogens is 1. The molecule has 1 aliphatic rings. The van der Waals surface area contributed by atoms with Crippen LogP contribution in [0.15, 0.2) is 24.3 Å². The van der Waals surface area contributed by atoms with Crippen LogP contribution in [0.3, 0.4) is 0 Å². The van der Waals surface area contributed by atoms with Crippen LogP contribution in [0, 0.1) is 0 Å². The van der Waals surface area contributed by atoms with Gasteiger partial charge in [-0.2, -0.15) is 0 Å². The van der Waals surface area contributed by atoms with E-state index in [4.69, 9.17) is 5.11 Å². The Hall–Kier alpha value is -1.55. The van der Waals surface area contributed by atoms with E-state index in [-0.39, 0.29) is 5.75 Å². The number of benzene rings is 1. The van der Waals surface area contributed by atoms with Gasteiger partial charge in [-0.1, -0.05) is 12.1 Å². The minimum absolute atomic E-state index is 0.100. The van der Waals surface area contributed by atoms with Crippen molar-refractivity contribution in [2.45, 2.75) is 6.54 Å². The van der Waals surface area contributed by atoms with Gasteiger partial charge in [0.1, 0.15) is 10.8 Å². The lowest BCUT2D eigenvalue weighted by atomic mass is 10.3. The number of carboxylic acids is 1. The number of thiazole rings is 1. The number of hydrogen-bond acceptors (Lipinski definition) is 7. The Morgan fingerprint density at radius 2 is 1.84 bits per heavy atom. The summed E-state index contributed by atoms with van der Waals surface area (Å²) in [5.41, 5.74) is 1.03. The zero-order chi connectivity index (χ0) is 17.9. The van der Waals surface area contributed by atoms with Crippen LogP contribution in [0.5, 0.6) is 0 Å². The van der Waals surface area contributed by atoms with E-state index < -0.39 is 21.6 Å². The third-order valence-corrected chi connectivity index (χ3v) is 6.74. The molecule has 0 aliphatic carbocycles. The molecule has 0 bridgehead atoms. The van der Waals surface area contributed by atoms with E-state index in [1.54, 1.807) is 11.3 Å². The standard InChI is InChI=1S/C16H21N3O4S2/c20-16(21)12-25(22,23)10-9-18-5-7-19(8-6-18)11-15-17-13-3-1-2-4-14(13)24-15/h1-4H,5-12H2,(H,20,21). The number of carbonyl (C=O) groups is 1. The molecular weight excluding hydrogens is 362 g/mol. The quantitative estimate of drug-likeness (QED) is 0.760. The number of carboxylic acid groups (broad SMARTS) is 1. The Labute approximate surface area is 150 Å². The predicted octanol–water partition coefficient (Wildman–Crippen LogP) is 0.913. The fourth-order valence-electron chi connectivity index (χ4n) is 2.88. The van der Waals surface area contributed by atoms with Crippen LogP contribution in [0.1, 0.15) is 5.01 Å². The van der Waals surface area contributed by atoms with Crippen molar-refractivity contribution in [2.24, 2.45) is 0 Å². The molecule has 136 valence electrons. The second-order valence-electron chi connectivity index (χ2n) is 6.18. The molecule has 1 fully saturated rings. The highest BCUT2D eigenvalue weighted by atomic mass is 32.2. The summed E-state index contributed by atoms with van der Waals surface area (Å²) in [5.74, 6) is -2.18. The maximum absolute atomic E-state index is 11.6. The molecule has 9 heteroatoms. The lowest BCUT2D eigenvalue weighted by molar-refractivity contribution is -0.134. The third-order valence-electron chi connectivity index (χ3n) is 4.22. The van der Waals surface area contributed by atoms with Gasteiger partial charge in [-0.3, -0.25) is 14.6 Å². The molecule has 0 atom stereocenters. The van der Waals surface area contributed by atoms with Crippen LogP contribution in [0.25, 0.3) is 10.2 Å². The van der Waals surface area contributed by atoms with Crippen molar-refractivity contribution in [3.8, 4) is 0 Å². The lowest BCUT2D eigenvalue weighted by Gasteiger charge is -2.34. The summed E-state index contributed by atoms with van der Waals surface area (Å²) in [6.07, 6.45) is 0. The molecular formula is C16H21N3O4S2. The Kier molecular flexibility index (Phi) is 5.67. The number of hydrogen-bond donors (Lipinski definition) is 1. The highest BCUT2D eigenvalue weighted by molar-refractivity contribution is 7.92. The summed E-state index contributed by atoms with van der Waals surface area (Å²) in [6, 6.07) is 8.10. The number of fused-ring (bicyclic) bond motifs is 1. The van der Waals surface area contributed by atoms with Gasteiger partial charge in [0.2, 0.25) is 0 Å². The molecule has 1 aliphatic heterocycles. The van der Waals surface area contributed by atoms with Crippen molar-refractivity contribution in [3.05, 3.63) is 29.3 Å². The Balaban J connectivity index is 1.46. The van der Waals surface area contributed by atoms with Gasteiger partial charge >= 0.3 is 5.97 Å². The van der Waals surface area contributed by atoms with E-state index in [0.717, 1.165) is 43.2 Å². The molecule has 1 saturated heterocycles. The molecule has 0 unspecified atom stereocenters. The van der Waals surface area contributed by atoms with Gasteiger partial charge in [0.25, 0.3) is 0 Å². The van der Waals surface area contributed by atoms with Crippen molar-refractivity contribution >= 4 is 37.4 Å². The van der Waals surface area contributed by atoms with Crippen LogP contribution < -0.4 is 0 Å². The van der Waals surface area contributed by atoms with Crippen molar-refractivity contribution in [1.29, 1.82) is 0 Å².